The lowest BCUT2D eigenvalue weighted by Crippen LogP contribution is -2.29. The van der Waals surface area contributed by atoms with Gasteiger partial charge in [0.2, 0.25) is 5.91 Å². The van der Waals surface area contributed by atoms with Gasteiger partial charge < -0.3 is 10.2 Å². The van der Waals surface area contributed by atoms with Gasteiger partial charge in [-0.2, -0.15) is 0 Å². The fourth-order valence-electron chi connectivity index (χ4n) is 2.21. The highest BCUT2D eigenvalue weighted by atomic mass is 35.5. The first kappa shape index (κ1) is 15.0. The molecule has 1 saturated heterocycles. The van der Waals surface area contributed by atoms with Crippen molar-refractivity contribution >= 4 is 23.3 Å². The topological polar surface area (TPSA) is 58.1 Å². The minimum absolute atomic E-state index is 0.208. The Morgan fingerprint density at radius 1 is 1.40 bits per heavy atom. The molecular formula is C14H21ClN4O. The molecule has 20 heavy (non-hydrogen) atoms. The number of rotatable bonds is 5. The molecule has 0 aliphatic carbocycles. The summed E-state index contributed by atoms with van der Waals surface area (Å²) in [5, 5.41) is 3.58. The third kappa shape index (κ3) is 4.07. The molecule has 0 atom stereocenters. The molecule has 1 fully saturated rings. The van der Waals surface area contributed by atoms with E-state index in [1.165, 1.54) is 0 Å². The maximum atomic E-state index is 11.9. The van der Waals surface area contributed by atoms with E-state index >= 15 is 0 Å². The van der Waals surface area contributed by atoms with Crippen molar-refractivity contribution in [2.75, 3.05) is 25.0 Å². The average Bonchev–Trinajstić information content (AvgIpc) is 2.91. The summed E-state index contributed by atoms with van der Waals surface area (Å²) in [4.78, 5) is 22.4. The number of carbonyl (C=O) groups excluding carboxylic acids is 1. The Morgan fingerprint density at radius 3 is 2.75 bits per heavy atom. The highest BCUT2D eigenvalue weighted by molar-refractivity contribution is 6.29. The smallest absolute Gasteiger partial charge is 0.224 e. The molecule has 1 aliphatic rings. The monoisotopic (exact) mass is 296 g/mol. The van der Waals surface area contributed by atoms with E-state index in [0.717, 1.165) is 25.9 Å². The molecule has 0 saturated carbocycles. The second-order valence-electron chi connectivity index (χ2n) is 5.35. The van der Waals surface area contributed by atoms with Crippen LogP contribution in [-0.4, -0.2) is 40.4 Å². The molecule has 1 aliphatic heterocycles. The first-order valence-electron chi connectivity index (χ1n) is 7.12. The van der Waals surface area contributed by atoms with Gasteiger partial charge in [0.05, 0.1) is 0 Å². The molecule has 0 aromatic carbocycles. The SMILES string of the molecule is CC(C)c1nc(Cl)cc(NCCC(=O)N2CCCC2)n1. The molecule has 0 bridgehead atoms. The van der Waals surface area contributed by atoms with E-state index in [0.29, 0.717) is 29.8 Å². The van der Waals surface area contributed by atoms with Gasteiger partial charge in [-0.1, -0.05) is 25.4 Å². The number of anilines is 1. The summed E-state index contributed by atoms with van der Waals surface area (Å²) in [6.07, 6.45) is 2.73. The van der Waals surface area contributed by atoms with E-state index in [2.05, 4.69) is 15.3 Å². The highest BCUT2D eigenvalue weighted by Crippen LogP contribution is 2.17. The van der Waals surface area contributed by atoms with Crippen LogP contribution in [0.2, 0.25) is 5.15 Å². The normalized spacial score (nSPS) is 14.9. The molecule has 1 amide bonds. The van der Waals surface area contributed by atoms with Crippen LogP contribution in [0.25, 0.3) is 0 Å². The number of likely N-dealkylation sites (tertiary alicyclic amines) is 1. The van der Waals surface area contributed by atoms with Crippen LogP contribution in [0.15, 0.2) is 6.07 Å². The second-order valence-corrected chi connectivity index (χ2v) is 5.74. The summed E-state index contributed by atoms with van der Waals surface area (Å²) in [6.45, 7) is 6.41. The molecule has 2 rings (SSSR count). The number of nitrogens with one attached hydrogen (secondary N) is 1. The Labute approximate surface area is 124 Å². The quantitative estimate of drug-likeness (QED) is 0.849. The fourth-order valence-corrected chi connectivity index (χ4v) is 2.40. The third-order valence-electron chi connectivity index (χ3n) is 3.33. The van der Waals surface area contributed by atoms with Gasteiger partial charge in [-0.3, -0.25) is 4.79 Å². The van der Waals surface area contributed by atoms with Gasteiger partial charge in [0, 0.05) is 38.0 Å². The fraction of sp³-hybridized carbons (Fsp3) is 0.643. The van der Waals surface area contributed by atoms with E-state index in [1.54, 1.807) is 6.07 Å². The highest BCUT2D eigenvalue weighted by Gasteiger charge is 2.17. The molecule has 110 valence electrons. The number of aromatic nitrogens is 2. The van der Waals surface area contributed by atoms with Crippen LogP contribution in [-0.2, 0) is 4.79 Å². The standard InChI is InChI=1S/C14H21ClN4O/c1-10(2)14-17-11(15)9-12(18-14)16-6-5-13(20)19-7-3-4-8-19/h9-10H,3-8H2,1-2H3,(H,16,17,18). The second kappa shape index (κ2) is 6.88. The molecule has 0 spiro atoms. The van der Waals surface area contributed by atoms with E-state index in [-0.39, 0.29) is 11.8 Å². The van der Waals surface area contributed by atoms with Crippen LogP contribution in [0.5, 0.6) is 0 Å². The van der Waals surface area contributed by atoms with Gasteiger partial charge in [-0.15, -0.1) is 0 Å². The Kier molecular flexibility index (Phi) is 5.17. The lowest BCUT2D eigenvalue weighted by atomic mass is 10.2. The average molecular weight is 297 g/mol. The van der Waals surface area contributed by atoms with Gasteiger partial charge in [-0.05, 0) is 12.8 Å². The van der Waals surface area contributed by atoms with Crippen molar-refractivity contribution in [2.45, 2.75) is 39.0 Å². The molecule has 0 unspecified atom stereocenters. The van der Waals surface area contributed by atoms with Crippen LogP contribution in [0.3, 0.4) is 0 Å². The van der Waals surface area contributed by atoms with E-state index in [1.807, 2.05) is 18.7 Å². The minimum Gasteiger partial charge on any atom is -0.369 e. The molecule has 6 heteroatoms. The molecule has 1 aromatic rings. The molecule has 1 aromatic heterocycles. The number of hydrogen-bond donors (Lipinski definition) is 1. The summed E-state index contributed by atoms with van der Waals surface area (Å²) in [5.41, 5.74) is 0. The summed E-state index contributed by atoms with van der Waals surface area (Å²) >= 11 is 5.97. The van der Waals surface area contributed by atoms with E-state index < -0.39 is 0 Å². The Morgan fingerprint density at radius 2 is 2.10 bits per heavy atom. The van der Waals surface area contributed by atoms with Gasteiger partial charge in [0.1, 0.15) is 16.8 Å². The summed E-state index contributed by atoms with van der Waals surface area (Å²) in [7, 11) is 0. The van der Waals surface area contributed by atoms with Gasteiger partial charge in [0.25, 0.3) is 0 Å². The summed E-state index contributed by atoms with van der Waals surface area (Å²) in [5.74, 6) is 1.83. The van der Waals surface area contributed by atoms with Crippen molar-refractivity contribution < 1.29 is 4.79 Å². The number of carbonyl (C=O) groups is 1. The number of amides is 1. The zero-order valence-electron chi connectivity index (χ0n) is 12.0. The van der Waals surface area contributed by atoms with Crippen molar-refractivity contribution in [1.29, 1.82) is 0 Å². The van der Waals surface area contributed by atoms with Gasteiger partial charge >= 0.3 is 0 Å². The van der Waals surface area contributed by atoms with Crippen LogP contribution in [0.4, 0.5) is 5.82 Å². The first-order valence-corrected chi connectivity index (χ1v) is 7.50. The van der Waals surface area contributed by atoms with Crippen molar-refractivity contribution in [1.82, 2.24) is 14.9 Å². The van der Waals surface area contributed by atoms with Gasteiger partial charge in [0.15, 0.2) is 0 Å². The van der Waals surface area contributed by atoms with Crippen molar-refractivity contribution in [3.63, 3.8) is 0 Å². The minimum atomic E-state index is 0.208. The summed E-state index contributed by atoms with van der Waals surface area (Å²) < 4.78 is 0. The lowest BCUT2D eigenvalue weighted by Gasteiger charge is -2.15. The summed E-state index contributed by atoms with van der Waals surface area (Å²) in [6, 6.07) is 1.69. The first-order chi connectivity index (χ1) is 9.56. The maximum Gasteiger partial charge on any atom is 0.224 e. The predicted octanol–water partition coefficient (Wildman–Crippen LogP) is 2.68. The van der Waals surface area contributed by atoms with Crippen molar-refractivity contribution in [3.8, 4) is 0 Å². The zero-order valence-corrected chi connectivity index (χ0v) is 12.8. The maximum absolute atomic E-state index is 11.9. The van der Waals surface area contributed by atoms with Crippen LogP contribution < -0.4 is 5.32 Å². The molecular weight excluding hydrogens is 276 g/mol. The van der Waals surface area contributed by atoms with Crippen LogP contribution in [0.1, 0.15) is 44.9 Å². The van der Waals surface area contributed by atoms with Crippen LogP contribution >= 0.6 is 11.6 Å². The van der Waals surface area contributed by atoms with E-state index in [9.17, 15) is 4.79 Å². The molecule has 2 heterocycles. The Hall–Kier alpha value is -1.36. The van der Waals surface area contributed by atoms with E-state index in [4.69, 9.17) is 11.6 Å². The number of nitrogens with zero attached hydrogens (tertiary/aromatic N) is 3. The van der Waals surface area contributed by atoms with Crippen molar-refractivity contribution in [2.24, 2.45) is 0 Å². The molecule has 0 radical (unpaired) electrons. The molecule has 5 nitrogen and oxygen atoms in total. The third-order valence-corrected chi connectivity index (χ3v) is 3.53. The largest absolute Gasteiger partial charge is 0.369 e. The number of hydrogen-bond acceptors (Lipinski definition) is 4. The van der Waals surface area contributed by atoms with Crippen LogP contribution in [0, 0.1) is 0 Å². The molecule has 1 N–H and O–H groups in total. The van der Waals surface area contributed by atoms with Crippen molar-refractivity contribution in [3.05, 3.63) is 17.0 Å². The Bertz CT molecular complexity index is 472. The zero-order chi connectivity index (χ0) is 14.5. The predicted molar refractivity (Wildman–Crippen MR) is 80.1 cm³/mol. The number of halogens is 1. The lowest BCUT2D eigenvalue weighted by molar-refractivity contribution is -0.129. The van der Waals surface area contributed by atoms with Gasteiger partial charge in [-0.25, -0.2) is 9.97 Å². The Balaban J connectivity index is 1.85.